The largest absolute Gasteiger partial charge is 0.456 e. The number of hydrogen-bond donors (Lipinski definition) is 0. The summed E-state index contributed by atoms with van der Waals surface area (Å²) < 4.78 is 19.4. The second kappa shape index (κ2) is 11.1. The molecule has 0 atom stereocenters. The van der Waals surface area contributed by atoms with Gasteiger partial charge >= 0.3 is 0 Å². The summed E-state index contributed by atoms with van der Waals surface area (Å²) in [5.41, 5.74) is 10.4. The van der Waals surface area contributed by atoms with Crippen molar-refractivity contribution in [2.24, 2.45) is 0 Å². The van der Waals surface area contributed by atoms with E-state index < -0.39 is 0 Å². The van der Waals surface area contributed by atoms with E-state index in [2.05, 4.69) is 150 Å². The molecule has 9 aromatic carbocycles. The van der Waals surface area contributed by atoms with Crippen LogP contribution in [0.4, 0.5) is 17.1 Å². The summed E-state index contributed by atoms with van der Waals surface area (Å²) in [6, 6.07) is 61.9. The van der Waals surface area contributed by atoms with Crippen LogP contribution in [0, 0.1) is 0 Å². The highest BCUT2D eigenvalue weighted by Crippen LogP contribution is 2.45. The molecule has 0 amide bonds. The summed E-state index contributed by atoms with van der Waals surface area (Å²) in [6.07, 6.45) is 0. The first-order chi connectivity index (χ1) is 26.7. The molecule has 0 saturated heterocycles. The average Bonchev–Trinajstić information content (AvgIpc) is 3.91. The summed E-state index contributed by atoms with van der Waals surface area (Å²) >= 11 is 0. The van der Waals surface area contributed by atoms with E-state index >= 15 is 0 Å². The van der Waals surface area contributed by atoms with E-state index in [0.29, 0.717) is 0 Å². The number of rotatable bonds is 4. The molecule has 12 aromatic rings. The maximum atomic E-state index is 6.76. The highest BCUT2D eigenvalue weighted by atomic mass is 16.3. The third-order valence-corrected chi connectivity index (χ3v) is 11.0. The summed E-state index contributed by atoms with van der Waals surface area (Å²) in [6.45, 7) is 0. The first-order valence-electron chi connectivity index (χ1n) is 18.2. The minimum atomic E-state index is 0.825. The fraction of sp³-hybridized carbons (Fsp3) is 0. The molecule has 0 fully saturated rings. The van der Waals surface area contributed by atoms with Gasteiger partial charge in [0.1, 0.15) is 33.5 Å². The zero-order valence-electron chi connectivity index (χ0n) is 28.9. The minimum absolute atomic E-state index is 0.825. The Morgan fingerprint density at radius 3 is 1.59 bits per heavy atom. The maximum Gasteiger partial charge on any atom is 0.137 e. The molecule has 0 saturated carbocycles. The average molecular weight is 692 g/mol. The van der Waals surface area contributed by atoms with Gasteiger partial charge in [-0.05, 0) is 87.9 Å². The van der Waals surface area contributed by atoms with Gasteiger partial charge in [-0.2, -0.15) is 0 Å². The SMILES string of the molecule is c1ccc2c(c1)cc(N(c1ccc3c(c1)oc1ccccc13)c1ccc3c(c1)oc1cc(-c4cccc5oc6ccccc6c45)ccc13)c1ccccc12. The lowest BCUT2D eigenvalue weighted by molar-refractivity contribution is 0.668. The van der Waals surface area contributed by atoms with Crippen LogP contribution >= 0.6 is 0 Å². The van der Waals surface area contributed by atoms with Gasteiger partial charge < -0.3 is 18.2 Å². The van der Waals surface area contributed by atoms with Gasteiger partial charge in [-0.1, -0.05) is 103 Å². The van der Waals surface area contributed by atoms with Crippen LogP contribution in [-0.2, 0) is 0 Å². The molecule has 0 bridgehead atoms. The summed E-state index contributed by atoms with van der Waals surface area (Å²) in [5, 5.41) is 11.4. The van der Waals surface area contributed by atoms with Gasteiger partial charge in [0.15, 0.2) is 0 Å². The van der Waals surface area contributed by atoms with E-state index in [9.17, 15) is 0 Å². The molecule has 12 rings (SSSR count). The lowest BCUT2D eigenvalue weighted by atomic mass is 9.98. The third kappa shape index (κ3) is 4.25. The van der Waals surface area contributed by atoms with Crippen LogP contribution in [0.1, 0.15) is 0 Å². The molecule has 3 heterocycles. The van der Waals surface area contributed by atoms with Gasteiger partial charge in [0, 0.05) is 61.2 Å². The number of fused-ring (bicyclic) bond motifs is 12. The molecule has 0 aliphatic heterocycles. The second-order valence-corrected chi connectivity index (χ2v) is 14.0. The first-order valence-corrected chi connectivity index (χ1v) is 18.2. The van der Waals surface area contributed by atoms with Crippen molar-refractivity contribution in [1.82, 2.24) is 0 Å². The Morgan fingerprint density at radius 2 is 0.833 bits per heavy atom. The van der Waals surface area contributed by atoms with Crippen molar-refractivity contribution in [2.75, 3.05) is 4.90 Å². The van der Waals surface area contributed by atoms with E-state index in [4.69, 9.17) is 13.3 Å². The molecule has 0 unspecified atom stereocenters. The van der Waals surface area contributed by atoms with Crippen LogP contribution in [-0.4, -0.2) is 0 Å². The predicted molar refractivity (Wildman–Crippen MR) is 223 cm³/mol. The highest BCUT2D eigenvalue weighted by molar-refractivity contribution is 6.16. The van der Waals surface area contributed by atoms with E-state index in [1.165, 1.54) is 16.2 Å². The van der Waals surface area contributed by atoms with Gasteiger partial charge in [-0.15, -0.1) is 0 Å². The van der Waals surface area contributed by atoms with Crippen molar-refractivity contribution in [3.8, 4) is 11.1 Å². The number of furan rings is 3. The maximum absolute atomic E-state index is 6.76. The molecule has 0 radical (unpaired) electrons. The molecule has 252 valence electrons. The van der Waals surface area contributed by atoms with Crippen molar-refractivity contribution < 1.29 is 13.3 Å². The fourth-order valence-corrected chi connectivity index (χ4v) is 8.59. The van der Waals surface area contributed by atoms with E-state index in [1.54, 1.807) is 0 Å². The number of hydrogen-bond acceptors (Lipinski definition) is 4. The minimum Gasteiger partial charge on any atom is -0.456 e. The van der Waals surface area contributed by atoms with Gasteiger partial charge in [-0.3, -0.25) is 0 Å². The Balaban J connectivity index is 1.07. The monoisotopic (exact) mass is 691 g/mol. The lowest BCUT2D eigenvalue weighted by Crippen LogP contribution is -2.10. The van der Waals surface area contributed by atoms with Crippen molar-refractivity contribution in [3.63, 3.8) is 0 Å². The van der Waals surface area contributed by atoms with Crippen molar-refractivity contribution in [2.45, 2.75) is 0 Å². The first kappa shape index (κ1) is 29.3. The third-order valence-electron chi connectivity index (χ3n) is 11.0. The molecule has 0 aliphatic rings. The fourth-order valence-electron chi connectivity index (χ4n) is 8.59. The molecule has 3 aromatic heterocycles. The van der Waals surface area contributed by atoms with Crippen LogP contribution in [0.15, 0.2) is 189 Å². The van der Waals surface area contributed by atoms with Gasteiger partial charge in [0.05, 0.1) is 5.69 Å². The molecular formula is C50H29NO3. The van der Waals surface area contributed by atoms with Crippen molar-refractivity contribution in [3.05, 3.63) is 176 Å². The number of anilines is 3. The number of nitrogens with zero attached hydrogens (tertiary/aromatic N) is 1. The van der Waals surface area contributed by atoms with E-state index in [-0.39, 0.29) is 0 Å². The molecule has 0 N–H and O–H groups in total. The number of benzene rings is 9. The van der Waals surface area contributed by atoms with Crippen LogP contribution < -0.4 is 4.90 Å². The zero-order chi connectivity index (χ0) is 35.3. The van der Waals surface area contributed by atoms with E-state index in [0.717, 1.165) is 99.4 Å². The topological polar surface area (TPSA) is 42.7 Å². The Kier molecular flexibility index (Phi) is 6.02. The molecule has 54 heavy (non-hydrogen) atoms. The lowest BCUT2D eigenvalue weighted by Gasteiger charge is -2.27. The second-order valence-electron chi connectivity index (χ2n) is 14.0. The Hall–Kier alpha value is -7.30. The zero-order valence-corrected chi connectivity index (χ0v) is 28.9. The number of para-hydroxylation sites is 2. The Labute approximate surface area is 308 Å². The highest BCUT2D eigenvalue weighted by Gasteiger charge is 2.21. The predicted octanol–water partition coefficient (Wildman–Crippen LogP) is 14.8. The van der Waals surface area contributed by atoms with Gasteiger partial charge in [-0.25, -0.2) is 0 Å². The van der Waals surface area contributed by atoms with Crippen LogP contribution in [0.25, 0.3) is 98.5 Å². The molecule has 4 heteroatoms. The summed E-state index contributed by atoms with van der Waals surface area (Å²) in [4.78, 5) is 2.34. The van der Waals surface area contributed by atoms with Crippen molar-refractivity contribution >= 4 is 104 Å². The summed E-state index contributed by atoms with van der Waals surface area (Å²) in [5.74, 6) is 0. The normalized spacial score (nSPS) is 12.1. The molecular weight excluding hydrogens is 663 g/mol. The van der Waals surface area contributed by atoms with Gasteiger partial charge in [0.2, 0.25) is 0 Å². The molecule has 4 nitrogen and oxygen atoms in total. The Bertz CT molecular complexity index is 3470. The quantitative estimate of drug-likeness (QED) is 0.172. The molecule has 0 spiro atoms. The van der Waals surface area contributed by atoms with E-state index in [1.807, 2.05) is 30.3 Å². The summed E-state index contributed by atoms with van der Waals surface area (Å²) in [7, 11) is 0. The Morgan fingerprint density at radius 1 is 0.315 bits per heavy atom. The smallest absolute Gasteiger partial charge is 0.137 e. The molecule has 0 aliphatic carbocycles. The van der Waals surface area contributed by atoms with Gasteiger partial charge in [0.25, 0.3) is 0 Å². The van der Waals surface area contributed by atoms with Crippen LogP contribution in [0.2, 0.25) is 0 Å². The standard InChI is InChI=1S/C50H29NO3/c1-2-11-34-30(10-1)26-43(37-13-4-3-12-36(34)37)51(32-21-24-40-38-14-5-7-17-44(38)53-48(40)28-32)33-22-25-41-39-23-20-31(27-47(39)54-49(41)29-33)35-16-9-19-46-50(35)42-15-6-8-18-45(42)52-46/h1-29H. The van der Waals surface area contributed by atoms with Crippen molar-refractivity contribution in [1.29, 1.82) is 0 Å². The van der Waals surface area contributed by atoms with Crippen LogP contribution in [0.3, 0.4) is 0 Å². The van der Waals surface area contributed by atoms with Crippen LogP contribution in [0.5, 0.6) is 0 Å².